The van der Waals surface area contributed by atoms with E-state index in [0.29, 0.717) is 17.0 Å². The SMILES string of the molecule is NC1=NC2(CCCCC2)N(c2ccccc2C(=O)Oc2ccc3ccccc3c2)C(N)=N1. The molecule has 7 nitrogen and oxygen atoms in total. The fraction of sp³-hybridized carbons (Fsp3) is 0.240. The molecule has 5 rings (SSSR count). The lowest BCUT2D eigenvalue weighted by Crippen LogP contribution is -2.58. The highest BCUT2D eigenvalue weighted by Gasteiger charge is 2.43. The summed E-state index contributed by atoms with van der Waals surface area (Å²) in [5, 5.41) is 2.09. The third-order valence-electron chi connectivity index (χ3n) is 6.15. The van der Waals surface area contributed by atoms with Gasteiger partial charge in [-0.15, -0.1) is 0 Å². The summed E-state index contributed by atoms with van der Waals surface area (Å²) in [5.74, 6) is 0.442. The molecule has 0 atom stereocenters. The van der Waals surface area contributed by atoms with Gasteiger partial charge >= 0.3 is 5.97 Å². The average molecular weight is 428 g/mol. The molecule has 3 aromatic rings. The van der Waals surface area contributed by atoms with Crippen LogP contribution in [0.3, 0.4) is 0 Å². The quantitative estimate of drug-likeness (QED) is 0.482. The van der Waals surface area contributed by atoms with Crippen molar-refractivity contribution in [2.24, 2.45) is 21.5 Å². The first-order valence-corrected chi connectivity index (χ1v) is 10.9. The molecule has 3 aromatic carbocycles. The van der Waals surface area contributed by atoms with Crippen LogP contribution in [0.2, 0.25) is 0 Å². The van der Waals surface area contributed by atoms with Crippen LogP contribution in [0.5, 0.6) is 5.75 Å². The minimum atomic E-state index is -0.631. The van der Waals surface area contributed by atoms with Crippen molar-refractivity contribution in [3.8, 4) is 5.75 Å². The Balaban J connectivity index is 1.51. The summed E-state index contributed by atoms with van der Waals surface area (Å²) in [6.07, 6.45) is 4.72. The number of nitrogens with two attached hydrogens (primary N) is 2. The van der Waals surface area contributed by atoms with Gasteiger partial charge in [-0.2, -0.15) is 4.99 Å². The Morgan fingerprint density at radius 1 is 0.906 bits per heavy atom. The van der Waals surface area contributed by atoms with Gasteiger partial charge in [0.2, 0.25) is 11.9 Å². The van der Waals surface area contributed by atoms with Gasteiger partial charge < -0.3 is 16.2 Å². The van der Waals surface area contributed by atoms with E-state index < -0.39 is 11.6 Å². The Kier molecular flexibility index (Phi) is 5.01. The maximum absolute atomic E-state index is 13.3. The number of esters is 1. The van der Waals surface area contributed by atoms with Crippen LogP contribution in [0.4, 0.5) is 5.69 Å². The molecule has 1 heterocycles. The van der Waals surface area contributed by atoms with Crippen LogP contribution in [0.1, 0.15) is 42.5 Å². The predicted molar refractivity (Wildman–Crippen MR) is 127 cm³/mol. The van der Waals surface area contributed by atoms with Crippen molar-refractivity contribution < 1.29 is 9.53 Å². The Hall–Kier alpha value is -3.87. The molecule has 162 valence electrons. The number of benzene rings is 3. The standard InChI is InChI=1S/C25H25N5O2/c26-23-28-24(27)30(25(29-23)14-6-1-7-15-25)21-11-5-4-10-20(21)22(31)32-19-13-12-17-8-2-3-9-18(17)16-19/h2-5,8-13,16H,1,6-7,14-15H2,(H4,26,27,28,29). The maximum atomic E-state index is 13.3. The molecule has 1 fully saturated rings. The van der Waals surface area contributed by atoms with E-state index in [-0.39, 0.29) is 11.9 Å². The second kappa shape index (κ2) is 8.00. The van der Waals surface area contributed by atoms with Gasteiger partial charge in [0.25, 0.3) is 0 Å². The van der Waals surface area contributed by atoms with Crippen LogP contribution in [0.25, 0.3) is 10.8 Å². The number of hydrogen-bond donors (Lipinski definition) is 2. The minimum Gasteiger partial charge on any atom is -0.423 e. The van der Waals surface area contributed by atoms with Gasteiger partial charge in [0.15, 0.2) is 0 Å². The van der Waals surface area contributed by atoms with Gasteiger partial charge in [0.05, 0.1) is 11.3 Å². The van der Waals surface area contributed by atoms with Gasteiger partial charge in [-0.3, -0.25) is 4.90 Å². The summed E-state index contributed by atoms with van der Waals surface area (Å²) in [6.45, 7) is 0. The molecule has 7 heteroatoms. The van der Waals surface area contributed by atoms with Gasteiger partial charge in [-0.1, -0.05) is 48.9 Å². The molecule has 1 aliphatic carbocycles. The van der Waals surface area contributed by atoms with Gasteiger partial charge in [-0.05, 0) is 60.7 Å². The van der Waals surface area contributed by atoms with Crippen molar-refractivity contribution in [3.63, 3.8) is 0 Å². The third-order valence-corrected chi connectivity index (χ3v) is 6.15. The van der Waals surface area contributed by atoms with E-state index in [2.05, 4.69) is 4.99 Å². The summed E-state index contributed by atoms with van der Waals surface area (Å²) < 4.78 is 5.77. The normalized spacial score (nSPS) is 17.7. The fourth-order valence-corrected chi connectivity index (χ4v) is 4.70. The zero-order valence-corrected chi connectivity index (χ0v) is 17.7. The van der Waals surface area contributed by atoms with Crippen LogP contribution in [0.15, 0.2) is 76.7 Å². The van der Waals surface area contributed by atoms with E-state index in [4.69, 9.17) is 21.2 Å². The zero-order valence-electron chi connectivity index (χ0n) is 17.7. The number of nitrogens with zero attached hydrogens (tertiary/aromatic N) is 3. The van der Waals surface area contributed by atoms with Crippen LogP contribution in [-0.2, 0) is 0 Å². The molecule has 0 radical (unpaired) electrons. The van der Waals surface area contributed by atoms with E-state index in [9.17, 15) is 4.79 Å². The second-order valence-electron chi connectivity index (χ2n) is 8.23. The first-order valence-electron chi connectivity index (χ1n) is 10.9. The zero-order chi connectivity index (χ0) is 22.1. The van der Waals surface area contributed by atoms with E-state index in [1.165, 1.54) is 0 Å². The van der Waals surface area contributed by atoms with Crippen molar-refractivity contribution >= 4 is 34.3 Å². The lowest BCUT2D eigenvalue weighted by molar-refractivity contribution is 0.0735. The predicted octanol–water partition coefficient (Wildman–Crippen LogP) is 4.17. The molecule has 0 bridgehead atoms. The number of anilines is 1. The van der Waals surface area contributed by atoms with Crippen molar-refractivity contribution in [2.75, 3.05) is 4.90 Å². The topological polar surface area (TPSA) is 106 Å². The number of guanidine groups is 2. The molecule has 1 spiro atoms. The number of carbonyl (C=O) groups is 1. The highest BCUT2D eigenvalue weighted by atomic mass is 16.5. The number of carbonyl (C=O) groups excluding carboxylic acids is 1. The summed E-state index contributed by atoms with van der Waals surface area (Å²) >= 11 is 0. The molecule has 0 aromatic heterocycles. The van der Waals surface area contributed by atoms with Crippen LogP contribution in [-0.4, -0.2) is 23.6 Å². The Morgan fingerprint density at radius 2 is 1.62 bits per heavy atom. The van der Waals surface area contributed by atoms with Crippen LogP contribution < -0.4 is 21.1 Å². The van der Waals surface area contributed by atoms with Crippen molar-refractivity contribution in [1.29, 1.82) is 0 Å². The Bertz CT molecular complexity index is 1240. The summed E-state index contributed by atoms with van der Waals surface area (Å²) in [7, 11) is 0. The number of hydrogen-bond acceptors (Lipinski definition) is 7. The number of fused-ring (bicyclic) bond motifs is 1. The molecule has 32 heavy (non-hydrogen) atoms. The molecule has 1 aliphatic heterocycles. The van der Waals surface area contributed by atoms with E-state index in [0.717, 1.165) is 42.9 Å². The summed E-state index contributed by atoms with van der Waals surface area (Å²) in [5.41, 5.74) is 12.7. The largest absolute Gasteiger partial charge is 0.423 e. The summed E-state index contributed by atoms with van der Waals surface area (Å²) in [4.78, 5) is 24.0. The fourth-order valence-electron chi connectivity index (χ4n) is 4.70. The smallest absolute Gasteiger partial charge is 0.345 e. The second-order valence-corrected chi connectivity index (χ2v) is 8.23. The monoisotopic (exact) mass is 427 g/mol. The van der Waals surface area contributed by atoms with Crippen molar-refractivity contribution in [3.05, 3.63) is 72.3 Å². The molecular weight excluding hydrogens is 402 g/mol. The number of para-hydroxylation sites is 1. The van der Waals surface area contributed by atoms with Crippen molar-refractivity contribution in [2.45, 2.75) is 37.8 Å². The van der Waals surface area contributed by atoms with Gasteiger partial charge in [-0.25, -0.2) is 9.79 Å². The molecule has 4 N–H and O–H groups in total. The highest BCUT2D eigenvalue weighted by Crippen LogP contribution is 2.40. The van der Waals surface area contributed by atoms with Crippen LogP contribution in [0, 0.1) is 0 Å². The molecule has 0 unspecified atom stereocenters. The molecule has 1 saturated carbocycles. The molecule has 2 aliphatic rings. The number of ether oxygens (including phenoxy) is 1. The van der Waals surface area contributed by atoms with Crippen LogP contribution >= 0.6 is 0 Å². The minimum absolute atomic E-state index is 0.178. The first-order chi connectivity index (χ1) is 15.6. The highest BCUT2D eigenvalue weighted by molar-refractivity contribution is 6.09. The molecular formula is C25H25N5O2. The van der Waals surface area contributed by atoms with E-state index in [1.807, 2.05) is 59.5 Å². The maximum Gasteiger partial charge on any atom is 0.345 e. The van der Waals surface area contributed by atoms with Gasteiger partial charge in [0, 0.05) is 0 Å². The lowest BCUT2D eigenvalue weighted by atomic mass is 9.87. The van der Waals surface area contributed by atoms with Gasteiger partial charge in [0.1, 0.15) is 11.4 Å². The number of rotatable bonds is 3. The first kappa shape index (κ1) is 20.1. The van der Waals surface area contributed by atoms with E-state index >= 15 is 0 Å². The third kappa shape index (κ3) is 3.56. The molecule has 0 amide bonds. The van der Waals surface area contributed by atoms with E-state index in [1.54, 1.807) is 12.1 Å². The van der Waals surface area contributed by atoms with Crippen molar-refractivity contribution in [1.82, 2.24) is 0 Å². The lowest BCUT2D eigenvalue weighted by Gasteiger charge is -2.46. The average Bonchev–Trinajstić information content (AvgIpc) is 2.79. The Morgan fingerprint density at radius 3 is 2.44 bits per heavy atom. The number of aliphatic imine (C=N–C) groups is 2. The summed E-state index contributed by atoms with van der Waals surface area (Å²) in [6, 6.07) is 20.8. The molecule has 0 saturated heterocycles. The Labute approximate surface area is 186 Å².